The summed E-state index contributed by atoms with van der Waals surface area (Å²) in [5.74, 6) is 1.77. The van der Waals surface area contributed by atoms with Gasteiger partial charge in [0, 0.05) is 38.6 Å². The van der Waals surface area contributed by atoms with E-state index in [2.05, 4.69) is 56.4 Å². The largest absolute Gasteiger partial charge is 0.354 e. The summed E-state index contributed by atoms with van der Waals surface area (Å²) in [5, 5.41) is 7.00. The van der Waals surface area contributed by atoms with Gasteiger partial charge in [-0.1, -0.05) is 31.2 Å². The molecule has 5 nitrogen and oxygen atoms in total. The van der Waals surface area contributed by atoms with Crippen LogP contribution in [0.2, 0.25) is 0 Å². The summed E-state index contributed by atoms with van der Waals surface area (Å²) in [4.78, 5) is 8.45. The van der Waals surface area contributed by atoms with Gasteiger partial charge < -0.3 is 15.2 Å². The van der Waals surface area contributed by atoms with Gasteiger partial charge in [0.05, 0.1) is 6.33 Å². The van der Waals surface area contributed by atoms with Crippen molar-refractivity contribution in [1.82, 2.24) is 20.2 Å². The first-order chi connectivity index (χ1) is 12.2. The first kappa shape index (κ1) is 17.5. The number of nitrogens with zero attached hydrogens (tertiary/aromatic N) is 3. The predicted molar refractivity (Wildman–Crippen MR) is 103 cm³/mol. The highest BCUT2D eigenvalue weighted by Crippen LogP contribution is 2.23. The van der Waals surface area contributed by atoms with Crippen molar-refractivity contribution in [3.8, 4) is 0 Å². The molecule has 0 aliphatic heterocycles. The van der Waals surface area contributed by atoms with Crippen LogP contribution in [0.4, 0.5) is 0 Å². The lowest BCUT2D eigenvalue weighted by Crippen LogP contribution is -2.44. The molecule has 2 N–H and O–H groups in total. The smallest absolute Gasteiger partial charge is 0.191 e. The summed E-state index contributed by atoms with van der Waals surface area (Å²) in [6.07, 6.45) is 10.7. The molecular weight excluding hydrogens is 310 g/mol. The maximum Gasteiger partial charge on any atom is 0.191 e. The van der Waals surface area contributed by atoms with Crippen molar-refractivity contribution in [3.63, 3.8) is 0 Å². The molecule has 0 amide bonds. The van der Waals surface area contributed by atoms with Crippen LogP contribution in [0.5, 0.6) is 0 Å². The number of imidazole rings is 1. The molecule has 1 fully saturated rings. The number of hydrogen-bond acceptors (Lipinski definition) is 2. The van der Waals surface area contributed by atoms with Crippen LogP contribution in [0.25, 0.3) is 0 Å². The molecule has 0 radical (unpaired) electrons. The van der Waals surface area contributed by atoms with Gasteiger partial charge in [-0.3, -0.25) is 4.99 Å². The summed E-state index contributed by atoms with van der Waals surface area (Å²) in [7, 11) is 1.84. The second kappa shape index (κ2) is 8.70. The van der Waals surface area contributed by atoms with E-state index < -0.39 is 0 Å². The molecule has 1 aliphatic carbocycles. The van der Waals surface area contributed by atoms with Crippen LogP contribution in [0.15, 0.2) is 48.0 Å². The van der Waals surface area contributed by atoms with E-state index in [4.69, 9.17) is 0 Å². The highest BCUT2D eigenvalue weighted by Gasteiger charge is 2.18. The Hall–Kier alpha value is -2.30. The number of aliphatic imine (C=N–C) groups is 1. The zero-order valence-electron chi connectivity index (χ0n) is 15.3. The quantitative estimate of drug-likeness (QED) is 0.650. The van der Waals surface area contributed by atoms with Crippen LogP contribution in [-0.2, 0) is 13.1 Å². The minimum Gasteiger partial charge on any atom is -0.354 e. The number of aromatic nitrogens is 2. The number of rotatable bonds is 5. The van der Waals surface area contributed by atoms with Gasteiger partial charge in [-0.05, 0) is 42.7 Å². The van der Waals surface area contributed by atoms with E-state index in [9.17, 15) is 0 Å². The fraction of sp³-hybridized carbons (Fsp3) is 0.500. The Morgan fingerprint density at radius 3 is 2.52 bits per heavy atom. The number of guanidine groups is 1. The molecule has 2 aromatic rings. The second-order valence-electron chi connectivity index (χ2n) is 7.08. The second-order valence-corrected chi connectivity index (χ2v) is 7.08. The van der Waals surface area contributed by atoms with Gasteiger partial charge in [-0.15, -0.1) is 0 Å². The lowest BCUT2D eigenvalue weighted by atomic mass is 9.87. The SMILES string of the molecule is CN=C(NCc1ccc(Cn2ccnc2)cc1)NC1CCC(C)CC1. The van der Waals surface area contributed by atoms with Crippen LogP contribution in [0.1, 0.15) is 43.7 Å². The average molecular weight is 339 g/mol. The minimum atomic E-state index is 0.556. The molecular formula is C20H29N5. The molecule has 1 saturated carbocycles. The highest BCUT2D eigenvalue weighted by atomic mass is 15.2. The van der Waals surface area contributed by atoms with Gasteiger partial charge in [0.15, 0.2) is 5.96 Å². The zero-order valence-corrected chi connectivity index (χ0v) is 15.3. The van der Waals surface area contributed by atoms with Crippen molar-refractivity contribution in [2.45, 2.75) is 51.7 Å². The number of benzene rings is 1. The van der Waals surface area contributed by atoms with Crippen LogP contribution in [0, 0.1) is 5.92 Å². The first-order valence-corrected chi connectivity index (χ1v) is 9.23. The van der Waals surface area contributed by atoms with E-state index in [1.54, 1.807) is 0 Å². The third-order valence-corrected chi connectivity index (χ3v) is 4.99. The van der Waals surface area contributed by atoms with Gasteiger partial charge in [0.25, 0.3) is 0 Å². The summed E-state index contributed by atoms with van der Waals surface area (Å²) in [6.45, 7) is 3.99. The maximum atomic E-state index is 4.37. The summed E-state index contributed by atoms with van der Waals surface area (Å²) >= 11 is 0. The molecule has 1 aliphatic rings. The van der Waals surface area contributed by atoms with Crippen molar-refractivity contribution in [2.75, 3.05) is 7.05 Å². The van der Waals surface area contributed by atoms with E-state index in [1.165, 1.54) is 36.8 Å². The van der Waals surface area contributed by atoms with Crippen molar-refractivity contribution in [1.29, 1.82) is 0 Å². The third kappa shape index (κ3) is 5.34. The Labute approximate surface area is 150 Å². The summed E-state index contributed by atoms with van der Waals surface area (Å²) in [6, 6.07) is 9.26. The molecule has 0 bridgehead atoms. The first-order valence-electron chi connectivity index (χ1n) is 9.23. The Kier molecular flexibility index (Phi) is 6.09. The van der Waals surface area contributed by atoms with Crippen molar-refractivity contribution in [3.05, 3.63) is 54.1 Å². The van der Waals surface area contributed by atoms with E-state index >= 15 is 0 Å². The Balaban J connectivity index is 1.46. The summed E-state index contributed by atoms with van der Waals surface area (Å²) in [5.41, 5.74) is 2.54. The molecule has 25 heavy (non-hydrogen) atoms. The Morgan fingerprint density at radius 2 is 1.88 bits per heavy atom. The predicted octanol–water partition coefficient (Wildman–Crippen LogP) is 3.18. The van der Waals surface area contributed by atoms with Crippen molar-refractivity contribution < 1.29 is 0 Å². The average Bonchev–Trinajstić information content (AvgIpc) is 3.14. The summed E-state index contributed by atoms with van der Waals surface area (Å²) < 4.78 is 2.07. The van der Waals surface area contributed by atoms with E-state index in [1.807, 2.05) is 25.8 Å². The monoisotopic (exact) mass is 339 g/mol. The Morgan fingerprint density at radius 1 is 1.16 bits per heavy atom. The highest BCUT2D eigenvalue weighted by molar-refractivity contribution is 5.79. The standard InChI is InChI=1S/C20H29N5/c1-16-3-9-19(10-4-16)24-20(21-2)23-13-17-5-7-18(8-6-17)14-25-12-11-22-15-25/h5-8,11-12,15-16,19H,3-4,9-10,13-14H2,1-2H3,(H2,21,23,24). The van der Waals surface area contributed by atoms with Crippen LogP contribution in [-0.4, -0.2) is 28.6 Å². The van der Waals surface area contributed by atoms with Gasteiger partial charge >= 0.3 is 0 Å². The molecule has 0 atom stereocenters. The van der Waals surface area contributed by atoms with E-state index in [0.717, 1.165) is 25.0 Å². The van der Waals surface area contributed by atoms with Crippen molar-refractivity contribution >= 4 is 5.96 Å². The molecule has 1 aromatic carbocycles. The van der Waals surface area contributed by atoms with Gasteiger partial charge in [-0.25, -0.2) is 4.98 Å². The Bertz CT molecular complexity index is 652. The molecule has 5 heteroatoms. The van der Waals surface area contributed by atoms with Gasteiger partial charge in [0.2, 0.25) is 0 Å². The molecule has 0 saturated heterocycles. The number of hydrogen-bond donors (Lipinski definition) is 2. The van der Waals surface area contributed by atoms with E-state index in [0.29, 0.717) is 6.04 Å². The van der Waals surface area contributed by atoms with Gasteiger partial charge in [0.1, 0.15) is 0 Å². The fourth-order valence-electron chi connectivity index (χ4n) is 3.33. The molecule has 1 aromatic heterocycles. The maximum absolute atomic E-state index is 4.37. The third-order valence-electron chi connectivity index (χ3n) is 4.99. The molecule has 134 valence electrons. The minimum absolute atomic E-state index is 0.556. The zero-order chi connectivity index (χ0) is 17.5. The lowest BCUT2D eigenvalue weighted by Gasteiger charge is -2.28. The fourth-order valence-corrected chi connectivity index (χ4v) is 3.33. The molecule has 1 heterocycles. The van der Waals surface area contributed by atoms with Crippen molar-refractivity contribution in [2.24, 2.45) is 10.9 Å². The van der Waals surface area contributed by atoms with Crippen LogP contribution < -0.4 is 10.6 Å². The van der Waals surface area contributed by atoms with Gasteiger partial charge in [-0.2, -0.15) is 0 Å². The lowest BCUT2D eigenvalue weighted by molar-refractivity contribution is 0.329. The van der Waals surface area contributed by atoms with E-state index in [-0.39, 0.29) is 0 Å². The molecule has 0 spiro atoms. The molecule has 3 rings (SSSR count). The van der Waals surface area contributed by atoms with Crippen LogP contribution in [0.3, 0.4) is 0 Å². The normalized spacial score (nSPS) is 21.1. The van der Waals surface area contributed by atoms with Crippen LogP contribution >= 0.6 is 0 Å². The topological polar surface area (TPSA) is 54.2 Å². The number of nitrogens with one attached hydrogen (secondary N) is 2. The molecule has 0 unspecified atom stereocenters.